The van der Waals surface area contributed by atoms with Gasteiger partial charge in [0.2, 0.25) is 0 Å². The van der Waals surface area contributed by atoms with E-state index >= 15 is 0 Å². The molecule has 0 amide bonds. The second kappa shape index (κ2) is 7.25. The summed E-state index contributed by atoms with van der Waals surface area (Å²) in [7, 11) is 0. The number of halogens is 1. The maximum atomic E-state index is 6.28. The van der Waals surface area contributed by atoms with Gasteiger partial charge < -0.3 is 9.47 Å². The molecule has 0 aromatic carbocycles. The van der Waals surface area contributed by atoms with Crippen LogP contribution in [0.15, 0.2) is 0 Å². The minimum absolute atomic E-state index is 0.284. The third-order valence-corrected chi connectivity index (χ3v) is 5.27. The van der Waals surface area contributed by atoms with Crippen molar-refractivity contribution in [1.82, 2.24) is 0 Å². The van der Waals surface area contributed by atoms with Crippen LogP contribution in [0.5, 0.6) is 0 Å². The molecule has 2 rings (SSSR count). The van der Waals surface area contributed by atoms with Gasteiger partial charge >= 0.3 is 0 Å². The lowest BCUT2D eigenvalue weighted by Crippen LogP contribution is -2.52. The summed E-state index contributed by atoms with van der Waals surface area (Å²) in [5, 5.41) is 0. The molecule has 0 spiro atoms. The first-order chi connectivity index (χ1) is 8.74. The van der Waals surface area contributed by atoms with E-state index in [9.17, 15) is 0 Å². The zero-order valence-corrected chi connectivity index (χ0v) is 13.3. The second-order valence-corrected chi connectivity index (χ2v) is 7.00. The third kappa shape index (κ3) is 3.71. The molecule has 2 saturated carbocycles. The van der Waals surface area contributed by atoms with E-state index in [2.05, 4.69) is 29.8 Å². The zero-order chi connectivity index (χ0) is 13.0. The first kappa shape index (κ1) is 14.8. The van der Waals surface area contributed by atoms with Crippen LogP contribution in [0.25, 0.3) is 0 Å². The van der Waals surface area contributed by atoms with Gasteiger partial charge in [-0.15, -0.1) is 0 Å². The van der Waals surface area contributed by atoms with Crippen LogP contribution in [0.2, 0.25) is 0 Å². The van der Waals surface area contributed by atoms with Crippen molar-refractivity contribution in [1.29, 1.82) is 0 Å². The molecule has 0 bridgehead atoms. The van der Waals surface area contributed by atoms with Crippen LogP contribution in [0.3, 0.4) is 0 Å². The van der Waals surface area contributed by atoms with Crippen molar-refractivity contribution in [3.8, 4) is 0 Å². The molecule has 0 heterocycles. The van der Waals surface area contributed by atoms with Crippen LogP contribution < -0.4 is 0 Å². The first-order valence-electron chi connectivity index (χ1n) is 7.65. The molecule has 106 valence electrons. The van der Waals surface area contributed by atoms with Crippen molar-refractivity contribution in [2.75, 3.05) is 6.61 Å². The van der Waals surface area contributed by atoms with Crippen LogP contribution >= 0.6 is 15.9 Å². The van der Waals surface area contributed by atoms with Gasteiger partial charge in [-0.3, -0.25) is 0 Å². The zero-order valence-electron chi connectivity index (χ0n) is 11.7. The highest BCUT2D eigenvalue weighted by molar-refractivity contribution is 9.09. The average Bonchev–Trinajstić information content (AvgIpc) is 2.39. The molecule has 5 atom stereocenters. The van der Waals surface area contributed by atoms with Gasteiger partial charge in [-0.2, -0.15) is 0 Å². The molecule has 0 N–H and O–H groups in total. The minimum Gasteiger partial charge on any atom is -0.374 e. The maximum absolute atomic E-state index is 6.28. The Labute approximate surface area is 120 Å². The predicted octanol–water partition coefficient (Wildman–Crippen LogP) is 4.30. The van der Waals surface area contributed by atoms with E-state index in [4.69, 9.17) is 9.47 Å². The van der Waals surface area contributed by atoms with Gasteiger partial charge in [0.1, 0.15) is 0 Å². The molecule has 0 aliphatic heterocycles. The maximum Gasteiger partial charge on any atom is 0.0962 e. The Kier molecular flexibility index (Phi) is 5.96. The van der Waals surface area contributed by atoms with E-state index in [1.165, 1.54) is 32.1 Å². The Bertz CT molecular complexity index is 247. The molecule has 0 aromatic rings. The third-order valence-electron chi connectivity index (χ3n) is 4.37. The van der Waals surface area contributed by atoms with E-state index in [-0.39, 0.29) is 6.10 Å². The van der Waals surface area contributed by atoms with Crippen LogP contribution in [-0.2, 0) is 9.47 Å². The lowest BCUT2D eigenvalue weighted by molar-refractivity contribution is -0.154. The van der Waals surface area contributed by atoms with Crippen LogP contribution in [0.1, 0.15) is 58.8 Å². The molecule has 0 radical (unpaired) electrons. The first-order valence-corrected chi connectivity index (χ1v) is 8.57. The summed E-state index contributed by atoms with van der Waals surface area (Å²) in [4.78, 5) is 0.500. The van der Waals surface area contributed by atoms with E-state index in [1.807, 2.05) is 0 Å². The van der Waals surface area contributed by atoms with Gasteiger partial charge in [-0.1, -0.05) is 49.0 Å². The van der Waals surface area contributed by atoms with Gasteiger partial charge in [-0.05, 0) is 31.6 Å². The highest BCUT2D eigenvalue weighted by Gasteiger charge is 2.42. The van der Waals surface area contributed by atoms with E-state index in [1.54, 1.807) is 0 Å². The lowest BCUT2D eigenvalue weighted by atomic mass is 9.84. The fourth-order valence-corrected chi connectivity index (χ4v) is 3.97. The molecule has 2 aliphatic carbocycles. The number of hydrogen-bond acceptors (Lipinski definition) is 2. The van der Waals surface area contributed by atoms with Crippen molar-refractivity contribution in [2.24, 2.45) is 5.92 Å². The Morgan fingerprint density at radius 3 is 2.67 bits per heavy atom. The summed E-state index contributed by atoms with van der Waals surface area (Å²) in [5.41, 5.74) is 0. The fourth-order valence-electron chi connectivity index (χ4n) is 3.11. The molecule has 5 unspecified atom stereocenters. The van der Waals surface area contributed by atoms with Crippen molar-refractivity contribution >= 4 is 15.9 Å². The van der Waals surface area contributed by atoms with Crippen LogP contribution in [-0.4, -0.2) is 29.7 Å². The smallest absolute Gasteiger partial charge is 0.0962 e. The van der Waals surface area contributed by atoms with Gasteiger partial charge in [0.25, 0.3) is 0 Å². The van der Waals surface area contributed by atoms with Crippen LogP contribution in [0, 0.1) is 5.92 Å². The number of hydrogen-bond donors (Lipinski definition) is 0. The fraction of sp³-hybridized carbons (Fsp3) is 1.00. The second-order valence-electron chi connectivity index (χ2n) is 5.82. The molecule has 2 nitrogen and oxygen atoms in total. The molecule has 2 aliphatic rings. The lowest BCUT2D eigenvalue weighted by Gasteiger charge is -2.43. The van der Waals surface area contributed by atoms with E-state index in [0.29, 0.717) is 17.0 Å². The quantitative estimate of drug-likeness (QED) is 0.680. The van der Waals surface area contributed by atoms with Gasteiger partial charge in [-0.25, -0.2) is 0 Å². The van der Waals surface area contributed by atoms with Gasteiger partial charge in [0, 0.05) is 11.4 Å². The molecule has 2 fully saturated rings. The molecular weight excluding hydrogens is 292 g/mol. The Hall–Kier alpha value is 0.400. The summed E-state index contributed by atoms with van der Waals surface area (Å²) in [6, 6.07) is 0. The summed E-state index contributed by atoms with van der Waals surface area (Å²) >= 11 is 3.68. The van der Waals surface area contributed by atoms with Crippen molar-refractivity contribution in [3.63, 3.8) is 0 Å². The molecular formula is C15H27BrO2. The highest BCUT2D eigenvalue weighted by atomic mass is 79.9. The van der Waals surface area contributed by atoms with Crippen molar-refractivity contribution in [3.05, 3.63) is 0 Å². The number of ether oxygens (including phenoxy) is 2. The molecule has 3 heteroatoms. The number of rotatable bonds is 6. The topological polar surface area (TPSA) is 18.5 Å². The van der Waals surface area contributed by atoms with E-state index < -0.39 is 0 Å². The largest absolute Gasteiger partial charge is 0.374 e. The summed E-state index contributed by atoms with van der Waals surface area (Å²) < 4.78 is 12.2. The van der Waals surface area contributed by atoms with Crippen molar-refractivity contribution < 1.29 is 9.47 Å². The Morgan fingerprint density at radius 1 is 1.17 bits per heavy atom. The number of alkyl halides is 1. The minimum atomic E-state index is 0.284. The van der Waals surface area contributed by atoms with Crippen molar-refractivity contribution in [2.45, 2.75) is 81.9 Å². The predicted molar refractivity (Wildman–Crippen MR) is 78.3 cm³/mol. The molecule has 0 saturated heterocycles. The monoisotopic (exact) mass is 318 g/mol. The SMILES string of the molecule is CCCOC1C(Br)CC1OC1CCCC(CC)C1. The van der Waals surface area contributed by atoms with Gasteiger partial charge in [0.05, 0.1) is 18.3 Å². The van der Waals surface area contributed by atoms with Gasteiger partial charge in [0.15, 0.2) is 0 Å². The molecule has 0 aromatic heterocycles. The summed E-state index contributed by atoms with van der Waals surface area (Å²) in [6.45, 7) is 5.32. The normalized spacial score (nSPS) is 40.5. The highest BCUT2D eigenvalue weighted by Crippen LogP contribution is 2.37. The summed E-state index contributed by atoms with van der Waals surface area (Å²) in [6.07, 6.45) is 9.87. The Balaban J connectivity index is 1.75. The molecule has 18 heavy (non-hydrogen) atoms. The Morgan fingerprint density at radius 2 is 2.00 bits per heavy atom. The standard InChI is InChI=1S/C15H27BrO2/c1-3-8-17-15-13(16)10-14(15)18-12-7-5-6-11(4-2)9-12/h11-15H,3-10H2,1-2H3. The summed E-state index contributed by atoms with van der Waals surface area (Å²) in [5.74, 6) is 0.888. The average molecular weight is 319 g/mol. The van der Waals surface area contributed by atoms with Crippen LogP contribution in [0.4, 0.5) is 0 Å². The van der Waals surface area contributed by atoms with E-state index in [0.717, 1.165) is 25.4 Å².